The van der Waals surface area contributed by atoms with Gasteiger partial charge in [0.25, 0.3) is 5.91 Å². The van der Waals surface area contributed by atoms with Crippen molar-refractivity contribution in [3.63, 3.8) is 0 Å². The van der Waals surface area contributed by atoms with Crippen LogP contribution in [0, 0.1) is 15.2 Å². The van der Waals surface area contributed by atoms with Crippen LogP contribution in [0.15, 0.2) is 60.7 Å². The number of amides is 3. The number of halogens is 6. The van der Waals surface area contributed by atoms with Crippen molar-refractivity contribution in [1.29, 1.82) is 0 Å². The first-order valence-corrected chi connectivity index (χ1v) is 9.92. The van der Waals surface area contributed by atoms with Gasteiger partial charge in [0.15, 0.2) is 0 Å². The summed E-state index contributed by atoms with van der Waals surface area (Å²) in [6.45, 7) is 0. The molecular weight excluding hydrogens is 548 g/mol. The van der Waals surface area contributed by atoms with Gasteiger partial charge in [-0.3, -0.25) is 4.79 Å². The second kappa shape index (κ2) is 9.51. The zero-order valence-electron chi connectivity index (χ0n) is 15.9. The average Bonchev–Trinajstić information content (AvgIpc) is 2.71. The normalized spacial score (nSPS) is 11.1. The van der Waals surface area contributed by atoms with Gasteiger partial charge in [0.05, 0.1) is 16.8 Å². The molecule has 0 spiro atoms. The summed E-state index contributed by atoms with van der Waals surface area (Å²) in [5, 5.41) is 6.79. The standard InChI is InChI=1S/C21H13F5IN3O2/c22-16-6-4-12(27)9-15(16)19(31)30-18-10-14(5-7-17(18)23)29-20(32)28-13-3-1-2-11(8-13)21(24,25)26/h1-10H,(H,30,31)(H2,28,29,32). The van der Waals surface area contributed by atoms with Crippen molar-refractivity contribution in [2.75, 3.05) is 16.0 Å². The number of anilines is 3. The fourth-order valence-corrected chi connectivity index (χ4v) is 3.12. The molecule has 3 N–H and O–H groups in total. The quantitative estimate of drug-likeness (QED) is 0.252. The molecule has 166 valence electrons. The maximum atomic E-state index is 14.1. The van der Waals surface area contributed by atoms with E-state index in [0.717, 1.165) is 36.4 Å². The van der Waals surface area contributed by atoms with E-state index in [0.29, 0.717) is 3.57 Å². The van der Waals surface area contributed by atoms with E-state index in [1.54, 1.807) is 0 Å². The highest BCUT2D eigenvalue weighted by molar-refractivity contribution is 14.1. The van der Waals surface area contributed by atoms with Crippen LogP contribution in [0.5, 0.6) is 0 Å². The summed E-state index contributed by atoms with van der Waals surface area (Å²) in [6, 6.07) is 10.2. The monoisotopic (exact) mass is 561 g/mol. The van der Waals surface area contributed by atoms with Gasteiger partial charge in [-0.1, -0.05) is 6.07 Å². The van der Waals surface area contributed by atoms with Crippen molar-refractivity contribution in [2.45, 2.75) is 6.18 Å². The molecule has 3 aromatic carbocycles. The maximum Gasteiger partial charge on any atom is 0.416 e. The Morgan fingerprint density at radius 1 is 0.781 bits per heavy atom. The maximum absolute atomic E-state index is 14.1. The summed E-state index contributed by atoms with van der Waals surface area (Å²) in [5.41, 5.74) is -1.64. The van der Waals surface area contributed by atoms with Crippen molar-refractivity contribution in [1.82, 2.24) is 0 Å². The Hall–Kier alpha value is -3.22. The van der Waals surface area contributed by atoms with E-state index in [4.69, 9.17) is 0 Å². The predicted molar refractivity (Wildman–Crippen MR) is 118 cm³/mol. The highest BCUT2D eigenvalue weighted by Crippen LogP contribution is 2.30. The van der Waals surface area contributed by atoms with Gasteiger partial charge in [-0.2, -0.15) is 13.2 Å². The molecule has 3 rings (SSSR count). The Morgan fingerprint density at radius 3 is 2.12 bits per heavy atom. The number of nitrogens with one attached hydrogen (secondary N) is 3. The largest absolute Gasteiger partial charge is 0.416 e. The van der Waals surface area contributed by atoms with Gasteiger partial charge >= 0.3 is 12.2 Å². The molecular formula is C21H13F5IN3O2. The number of carbonyl (C=O) groups is 2. The third kappa shape index (κ3) is 5.93. The summed E-state index contributed by atoms with van der Waals surface area (Å²) in [4.78, 5) is 24.4. The van der Waals surface area contributed by atoms with E-state index < -0.39 is 35.3 Å². The number of benzene rings is 3. The molecule has 5 nitrogen and oxygen atoms in total. The van der Waals surface area contributed by atoms with Crippen molar-refractivity contribution in [2.24, 2.45) is 0 Å². The molecule has 11 heteroatoms. The number of hydrogen-bond acceptors (Lipinski definition) is 2. The number of urea groups is 1. The Morgan fingerprint density at radius 2 is 1.44 bits per heavy atom. The molecule has 3 aromatic rings. The first-order chi connectivity index (χ1) is 15.0. The smallest absolute Gasteiger partial charge is 0.319 e. The lowest BCUT2D eigenvalue weighted by Crippen LogP contribution is -2.20. The molecule has 0 heterocycles. The molecule has 0 aliphatic heterocycles. The van der Waals surface area contributed by atoms with Crippen molar-refractivity contribution in [3.05, 3.63) is 87.0 Å². The van der Waals surface area contributed by atoms with Crippen LogP contribution in [0.4, 0.5) is 43.8 Å². The molecule has 0 radical (unpaired) electrons. The van der Waals surface area contributed by atoms with Gasteiger partial charge in [-0.25, -0.2) is 13.6 Å². The molecule has 0 atom stereocenters. The predicted octanol–water partition coefficient (Wildman–Crippen LogP) is 6.48. The van der Waals surface area contributed by atoms with Crippen molar-refractivity contribution < 1.29 is 31.5 Å². The van der Waals surface area contributed by atoms with Gasteiger partial charge < -0.3 is 16.0 Å². The minimum atomic E-state index is -4.57. The Bertz CT molecular complexity index is 1180. The molecule has 0 unspecified atom stereocenters. The summed E-state index contributed by atoms with van der Waals surface area (Å²) in [7, 11) is 0. The molecule has 0 saturated carbocycles. The molecule has 0 bridgehead atoms. The van der Waals surface area contributed by atoms with Crippen molar-refractivity contribution >= 4 is 51.6 Å². The molecule has 3 amide bonds. The molecule has 0 fully saturated rings. The number of alkyl halides is 3. The zero-order valence-corrected chi connectivity index (χ0v) is 18.0. The second-order valence-corrected chi connectivity index (χ2v) is 7.68. The summed E-state index contributed by atoms with van der Waals surface area (Å²) in [5.74, 6) is -2.53. The molecule has 0 saturated heterocycles. The molecule has 0 aliphatic carbocycles. The number of hydrogen-bond donors (Lipinski definition) is 3. The van der Waals surface area contributed by atoms with Crippen LogP contribution in [0.1, 0.15) is 15.9 Å². The first-order valence-electron chi connectivity index (χ1n) is 8.84. The van der Waals surface area contributed by atoms with Crippen LogP contribution in [0.3, 0.4) is 0 Å². The summed E-state index contributed by atoms with van der Waals surface area (Å²) >= 11 is 1.89. The lowest BCUT2D eigenvalue weighted by Gasteiger charge is -2.12. The van der Waals surface area contributed by atoms with Gasteiger partial charge in [0.2, 0.25) is 0 Å². The molecule has 0 aliphatic rings. The van der Waals surface area contributed by atoms with Crippen LogP contribution in [-0.4, -0.2) is 11.9 Å². The van der Waals surface area contributed by atoms with Crippen LogP contribution in [0.25, 0.3) is 0 Å². The van der Waals surface area contributed by atoms with E-state index >= 15 is 0 Å². The zero-order chi connectivity index (χ0) is 23.5. The van der Waals surface area contributed by atoms with Gasteiger partial charge in [0, 0.05) is 14.9 Å². The SMILES string of the molecule is O=C(Nc1cccc(C(F)(F)F)c1)Nc1ccc(F)c(NC(=O)c2cc(I)ccc2F)c1. The fraction of sp³-hybridized carbons (Fsp3) is 0.0476. The minimum Gasteiger partial charge on any atom is -0.319 e. The fourth-order valence-electron chi connectivity index (χ4n) is 2.63. The summed E-state index contributed by atoms with van der Waals surface area (Å²) < 4.78 is 67.0. The molecule has 32 heavy (non-hydrogen) atoms. The van der Waals surface area contributed by atoms with Crippen LogP contribution < -0.4 is 16.0 Å². The lowest BCUT2D eigenvalue weighted by molar-refractivity contribution is -0.137. The van der Waals surface area contributed by atoms with E-state index in [9.17, 15) is 31.5 Å². The highest BCUT2D eigenvalue weighted by Gasteiger charge is 2.30. The molecule has 0 aromatic heterocycles. The summed E-state index contributed by atoms with van der Waals surface area (Å²) in [6.07, 6.45) is -4.57. The number of carbonyl (C=O) groups excluding carboxylic acids is 2. The van der Waals surface area contributed by atoms with Crippen LogP contribution in [0.2, 0.25) is 0 Å². The van der Waals surface area contributed by atoms with Gasteiger partial charge in [-0.15, -0.1) is 0 Å². The van der Waals surface area contributed by atoms with E-state index in [1.165, 1.54) is 24.3 Å². The second-order valence-electron chi connectivity index (χ2n) is 6.43. The van der Waals surface area contributed by atoms with Crippen molar-refractivity contribution in [3.8, 4) is 0 Å². The third-order valence-electron chi connectivity index (χ3n) is 4.09. The minimum absolute atomic E-state index is 0.0364. The highest BCUT2D eigenvalue weighted by atomic mass is 127. The number of rotatable bonds is 4. The van der Waals surface area contributed by atoms with Crippen LogP contribution >= 0.6 is 22.6 Å². The van der Waals surface area contributed by atoms with Crippen LogP contribution in [-0.2, 0) is 6.18 Å². The van der Waals surface area contributed by atoms with Gasteiger partial charge in [0.1, 0.15) is 11.6 Å². The topological polar surface area (TPSA) is 70.2 Å². The Labute approximate surface area is 192 Å². The van der Waals surface area contributed by atoms with Gasteiger partial charge in [-0.05, 0) is 77.2 Å². The van der Waals surface area contributed by atoms with E-state index in [2.05, 4.69) is 16.0 Å². The Balaban J connectivity index is 1.72. The average molecular weight is 561 g/mol. The first kappa shape index (κ1) is 23.4. The van der Waals surface area contributed by atoms with E-state index in [-0.39, 0.29) is 22.6 Å². The lowest BCUT2D eigenvalue weighted by atomic mass is 10.2. The van der Waals surface area contributed by atoms with E-state index in [1.807, 2.05) is 22.6 Å². The Kier molecular flexibility index (Phi) is 6.96. The third-order valence-corrected chi connectivity index (χ3v) is 4.76.